The van der Waals surface area contributed by atoms with Crippen molar-refractivity contribution in [1.82, 2.24) is 5.32 Å². The maximum absolute atomic E-state index is 12.5. The highest BCUT2D eigenvalue weighted by Crippen LogP contribution is 2.28. The van der Waals surface area contributed by atoms with E-state index in [0.717, 1.165) is 18.5 Å². The Morgan fingerprint density at radius 1 is 1.20 bits per heavy atom. The van der Waals surface area contributed by atoms with Crippen molar-refractivity contribution >= 4 is 17.5 Å². The molecule has 3 rings (SSSR count). The number of carbonyl (C=O) groups is 2. The van der Waals surface area contributed by atoms with Crippen LogP contribution in [-0.2, 0) is 22.4 Å². The monoisotopic (exact) mass is 272 g/mol. The Hall–Kier alpha value is -1.84. The molecule has 1 saturated heterocycles. The molecule has 2 aliphatic rings. The van der Waals surface area contributed by atoms with Crippen LogP contribution in [0.4, 0.5) is 5.69 Å². The number of rotatable bonds is 2. The third kappa shape index (κ3) is 2.19. The van der Waals surface area contributed by atoms with Gasteiger partial charge in [-0.2, -0.15) is 0 Å². The van der Waals surface area contributed by atoms with Gasteiger partial charge in [-0.3, -0.25) is 9.59 Å². The minimum atomic E-state index is -0.412. The van der Waals surface area contributed by atoms with Crippen molar-refractivity contribution in [2.45, 2.75) is 39.2 Å². The van der Waals surface area contributed by atoms with E-state index in [1.54, 1.807) is 4.90 Å². The lowest BCUT2D eigenvalue weighted by atomic mass is 10.00. The quantitative estimate of drug-likeness (QED) is 0.890. The number of nitrogens with zero attached hydrogens (tertiary/aromatic N) is 1. The van der Waals surface area contributed by atoms with Crippen molar-refractivity contribution in [2.75, 3.05) is 11.4 Å². The number of fused-ring (bicyclic) bond motifs is 1. The van der Waals surface area contributed by atoms with Crippen LogP contribution in [0.25, 0.3) is 0 Å². The van der Waals surface area contributed by atoms with Gasteiger partial charge >= 0.3 is 0 Å². The number of anilines is 1. The summed E-state index contributed by atoms with van der Waals surface area (Å²) >= 11 is 0. The van der Waals surface area contributed by atoms with Crippen LogP contribution in [0.15, 0.2) is 18.2 Å². The highest BCUT2D eigenvalue weighted by atomic mass is 16.2. The first-order valence-electron chi connectivity index (χ1n) is 7.29. The molecule has 0 saturated carbocycles. The third-order valence-corrected chi connectivity index (χ3v) is 4.21. The van der Waals surface area contributed by atoms with Crippen molar-refractivity contribution in [3.63, 3.8) is 0 Å². The molecule has 1 atom stereocenters. The molecule has 1 fully saturated rings. The predicted molar refractivity (Wildman–Crippen MR) is 77.6 cm³/mol. The molecule has 1 aromatic rings. The number of amides is 2. The van der Waals surface area contributed by atoms with E-state index in [9.17, 15) is 9.59 Å². The van der Waals surface area contributed by atoms with Crippen LogP contribution in [0.5, 0.6) is 0 Å². The Bertz CT molecular complexity index is 566. The van der Waals surface area contributed by atoms with E-state index in [1.165, 1.54) is 17.5 Å². The molecule has 1 aliphatic heterocycles. The molecule has 1 unspecified atom stereocenters. The van der Waals surface area contributed by atoms with Gasteiger partial charge in [-0.25, -0.2) is 0 Å². The number of carbonyl (C=O) groups excluding carboxylic acids is 2. The summed E-state index contributed by atoms with van der Waals surface area (Å²) in [4.78, 5) is 26.0. The molecule has 0 bridgehead atoms. The fourth-order valence-electron chi connectivity index (χ4n) is 3.07. The molecular weight excluding hydrogens is 252 g/mol. The molecule has 4 nitrogen and oxygen atoms in total. The maximum Gasteiger partial charge on any atom is 0.250 e. The first-order valence-corrected chi connectivity index (χ1v) is 7.29. The molecule has 20 heavy (non-hydrogen) atoms. The number of piperazine rings is 1. The summed E-state index contributed by atoms with van der Waals surface area (Å²) in [7, 11) is 0. The summed E-state index contributed by atoms with van der Waals surface area (Å²) in [5.74, 6) is 0.0185. The Labute approximate surface area is 119 Å². The zero-order valence-corrected chi connectivity index (χ0v) is 12.0. The number of hydrogen-bond donors (Lipinski definition) is 1. The molecule has 0 spiro atoms. The van der Waals surface area contributed by atoms with Gasteiger partial charge in [0.25, 0.3) is 0 Å². The van der Waals surface area contributed by atoms with E-state index in [0.29, 0.717) is 0 Å². The van der Waals surface area contributed by atoms with Crippen LogP contribution >= 0.6 is 0 Å². The molecule has 106 valence electrons. The van der Waals surface area contributed by atoms with Gasteiger partial charge in [0.1, 0.15) is 12.6 Å². The van der Waals surface area contributed by atoms with E-state index in [-0.39, 0.29) is 24.3 Å². The fraction of sp³-hybridized carbons (Fsp3) is 0.500. The molecule has 0 aromatic heterocycles. The fourth-order valence-corrected chi connectivity index (χ4v) is 3.07. The maximum atomic E-state index is 12.5. The summed E-state index contributed by atoms with van der Waals surface area (Å²) < 4.78 is 0. The minimum absolute atomic E-state index is 0.00227. The largest absolute Gasteiger partial charge is 0.342 e. The molecule has 1 heterocycles. The lowest BCUT2D eigenvalue weighted by molar-refractivity contribution is -0.132. The smallest absolute Gasteiger partial charge is 0.250 e. The van der Waals surface area contributed by atoms with Crippen molar-refractivity contribution in [3.8, 4) is 0 Å². The van der Waals surface area contributed by atoms with Crippen molar-refractivity contribution in [1.29, 1.82) is 0 Å². The van der Waals surface area contributed by atoms with E-state index >= 15 is 0 Å². The summed E-state index contributed by atoms with van der Waals surface area (Å²) in [5.41, 5.74) is 3.56. The van der Waals surface area contributed by atoms with E-state index in [1.807, 2.05) is 19.9 Å². The second-order valence-electron chi connectivity index (χ2n) is 6.02. The van der Waals surface area contributed by atoms with Gasteiger partial charge in [-0.1, -0.05) is 19.9 Å². The zero-order chi connectivity index (χ0) is 14.3. The molecular formula is C16H20N2O2. The van der Waals surface area contributed by atoms with Crippen LogP contribution in [0.3, 0.4) is 0 Å². The van der Waals surface area contributed by atoms with E-state index in [2.05, 4.69) is 17.4 Å². The average molecular weight is 272 g/mol. The topological polar surface area (TPSA) is 49.4 Å². The molecule has 4 heteroatoms. The minimum Gasteiger partial charge on any atom is -0.342 e. The third-order valence-electron chi connectivity index (χ3n) is 4.21. The normalized spacial score (nSPS) is 22.1. The van der Waals surface area contributed by atoms with Crippen LogP contribution in [0.2, 0.25) is 0 Å². The average Bonchev–Trinajstić information content (AvgIpc) is 2.87. The first-order chi connectivity index (χ1) is 9.56. The van der Waals surface area contributed by atoms with Gasteiger partial charge in [0.2, 0.25) is 11.8 Å². The Morgan fingerprint density at radius 2 is 1.95 bits per heavy atom. The highest BCUT2D eigenvalue weighted by Gasteiger charge is 2.35. The second-order valence-corrected chi connectivity index (χ2v) is 6.02. The Kier molecular flexibility index (Phi) is 3.24. The van der Waals surface area contributed by atoms with Crippen LogP contribution in [0, 0.1) is 5.92 Å². The molecule has 1 N–H and O–H groups in total. The zero-order valence-electron chi connectivity index (χ0n) is 12.0. The van der Waals surface area contributed by atoms with Gasteiger partial charge in [-0.05, 0) is 48.4 Å². The first kappa shape index (κ1) is 13.2. The van der Waals surface area contributed by atoms with E-state index in [4.69, 9.17) is 0 Å². The van der Waals surface area contributed by atoms with Crippen LogP contribution in [-0.4, -0.2) is 24.4 Å². The summed E-state index contributed by atoms with van der Waals surface area (Å²) in [6.07, 6.45) is 3.38. The SMILES string of the molecule is CC(C)C1NC(=O)CN(c2ccc3c(c2)CCC3)C1=O. The summed E-state index contributed by atoms with van der Waals surface area (Å²) in [6, 6.07) is 5.74. The second kappa shape index (κ2) is 4.93. The van der Waals surface area contributed by atoms with Gasteiger partial charge in [0, 0.05) is 5.69 Å². The Morgan fingerprint density at radius 3 is 2.70 bits per heavy atom. The standard InChI is InChI=1S/C16H20N2O2/c1-10(2)15-16(20)18(9-14(19)17-15)13-7-6-11-4-3-5-12(11)8-13/h6-8,10,15H,3-5,9H2,1-2H3,(H,17,19). The molecule has 1 aliphatic carbocycles. The number of benzene rings is 1. The van der Waals surface area contributed by atoms with Crippen LogP contribution in [0.1, 0.15) is 31.4 Å². The lowest BCUT2D eigenvalue weighted by Crippen LogP contribution is -2.60. The van der Waals surface area contributed by atoms with Crippen molar-refractivity contribution in [2.24, 2.45) is 5.92 Å². The number of nitrogens with one attached hydrogen (secondary N) is 1. The highest BCUT2D eigenvalue weighted by molar-refractivity contribution is 6.06. The van der Waals surface area contributed by atoms with Crippen molar-refractivity contribution < 1.29 is 9.59 Å². The van der Waals surface area contributed by atoms with Crippen LogP contribution < -0.4 is 10.2 Å². The van der Waals surface area contributed by atoms with E-state index < -0.39 is 6.04 Å². The molecule has 0 radical (unpaired) electrons. The number of aryl methyl sites for hydroxylation is 2. The van der Waals surface area contributed by atoms with Gasteiger partial charge in [0.15, 0.2) is 0 Å². The summed E-state index contributed by atoms with van der Waals surface area (Å²) in [5, 5.41) is 2.79. The molecule has 2 amide bonds. The van der Waals surface area contributed by atoms with Crippen molar-refractivity contribution in [3.05, 3.63) is 29.3 Å². The van der Waals surface area contributed by atoms with Gasteiger partial charge < -0.3 is 10.2 Å². The lowest BCUT2D eigenvalue weighted by Gasteiger charge is -2.34. The molecule has 1 aromatic carbocycles. The summed E-state index contributed by atoms with van der Waals surface area (Å²) in [6.45, 7) is 4.03. The predicted octanol–water partition coefficient (Wildman–Crippen LogP) is 1.66. The van der Waals surface area contributed by atoms with Gasteiger partial charge in [-0.15, -0.1) is 0 Å². The Balaban J connectivity index is 1.92. The van der Waals surface area contributed by atoms with Gasteiger partial charge in [0.05, 0.1) is 0 Å². The number of hydrogen-bond acceptors (Lipinski definition) is 2.